The molecule has 1 amide bonds. The Morgan fingerprint density at radius 3 is 2.71 bits per heavy atom. The monoisotopic (exact) mass is 260 g/mol. The fourth-order valence-electron chi connectivity index (χ4n) is 2.70. The fraction of sp³-hybridized carbons (Fsp3) is 0.923. The second-order valence-corrected chi connectivity index (χ2v) is 5.47. The second kappa shape index (κ2) is 6.60. The highest BCUT2D eigenvalue weighted by Crippen LogP contribution is 2.48. The summed E-state index contributed by atoms with van der Waals surface area (Å²) in [6.45, 7) is 4.13. The summed E-state index contributed by atoms with van der Waals surface area (Å²) in [6, 6.07) is 0.0752. The van der Waals surface area contributed by atoms with Crippen molar-refractivity contribution in [2.24, 2.45) is 5.41 Å². The van der Waals surface area contributed by atoms with Gasteiger partial charge in [-0.15, -0.1) is 12.4 Å². The van der Waals surface area contributed by atoms with E-state index < -0.39 is 0 Å². The molecule has 2 N–H and O–H groups in total. The van der Waals surface area contributed by atoms with Crippen LogP contribution in [0.1, 0.15) is 51.9 Å². The van der Waals surface area contributed by atoms with Crippen molar-refractivity contribution in [3.63, 3.8) is 0 Å². The van der Waals surface area contributed by atoms with Gasteiger partial charge in [-0.05, 0) is 44.1 Å². The molecular weight excluding hydrogens is 236 g/mol. The molecule has 0 aromatic carbocycles. The number of rotatable bonds is 5. The standard InChI is InChI=1S/C13H24N2O.ClH/c1-2-6-13(7-8-13)10-15-12(16)11-5-3-4-9-14-11;/h11,14H,2-10H2,1H3,(H,15,16);1H. The highest BCUT2D eigenvalue weighted by atomic mass is 35.5. The molecule has 1 saturated carbocycles. The van der Waals surface area contributed by atoms with Gasteiger partial charge in [0, 0.05) is 6.54 Å². The number of halogens is 1. The van der Waals surface area contributed by atoms with Crippen LogP contribution < -0.4 is 10.6 Å². The normalized spacial score (nSPS) is 25.8. The third-order valence-corrected chi connectivity index (χ3v) is 4.00. The topological polar surface area (TPSA) is 41.1 Å². The first-order valence-corrected chi connectivity index (χ1v) is 6.77. The van der Waals surface area contributed by atoms with Gasteiger partial charge in [0.1, 0.15) is 0 Å². The minimum Gasteiger partial charge on any atom is -0.354 e. The quantitative estimate of drug-likeness (QED) is 0.796. The first-order chi connectivity index (χ1) is 7.76. The molecule has 4 heteroatoms. The van der Waals surface area contributed by atoms with E-state index in [9.17, 15) is 4.79 Å². The van der Waals surface area contributed by atoms with Crippen LogP contribution in [0.2, 0.25) is 0 Å². The van der Waals surface area contributed by atoms with Crippen molar-refractivity contribution in [1.29, 1.82) is 0 Å². The Hall–Kier alpha value is -0.280. The third kappa shape index (κ3) is 4.14. The van der Waals surface area contributed by atoms with E-state index in [2.05, 4.69) is 17.6 Å². The largest absolute Gasteiger partial charge is 0.354 e. The molecule has 0 spiro atoms. The molecule has 1 unspecified atom stereocenters. The molecule has 1 aliphatic heterocycles. The molecule has 2 fully saturated rings. The molecule has 1 aliphatic carbocycles. The summed E-state index contributed by atoms with van der Waals surface area (Å²) in [6.07, 6.45) is 8.52. The number of nitrogens with one attached hydrogen (secondary N) is 2. The number of carbonyl (C=O) groups is 1. The maximum atomic E-state index is 11.9. The molecular formula is C13H25ClN2O. The fourth-order valence-corrected chi connectivity index (χ4v) is 2.70. The van der Waals surface area contributed by atoms with Gasteiger partial charge in [0.2, 0.25) is 5.91 Å². The molecule has 0 radical (unpaired) electrons. The minimum atomic E-state index is 0. The van der Waals surface area contributed by atoms with Crippen LogP contribution in [-0.4, -0.2) is 25.0 Å². The molecule has 0 bridgehead atoms. The highest BCUT2D eigenvalue weighted by Gasteiger charge is 2.41. The van der Waals surface area contributed by atoms with Crippen LogP contribution in [0.5, 0.6) is 0 Å². The third-order valence-electron chi connectivity index (χ3n) is 4.00. The van der Waals surface area contributed by atoms with Crippen molar-refractivity contribution in [2.45, 2.75) is 57.9 Å². The second-order valence-electron chi connectivity index (χ2n) is 5.47. The van der Waals surface area contributed by atoms with Gasteiger partial charge in [0.25, 0.3) is 0 Å². The van der Waals surface area contributed by atoms with Gasteiger partial charge in [-0.3, -0.25) is 4.79 Å². The average molecular weight is 261 g/mol. The van der Waals surface area contributed by atoms with Crippen molar-refractivity contribution in [3.05, 3.63) is 0 Å². The zero-order valence-electron chi connectivity index (χ0n) is 10.8. The van der Waals surface area contributed by atoms with Gasteiger partial charge in [-0.1, -0.05) is 19.8 Å². The lowest BCUT2D eigenvalue weighted by Crippen LogP contribution is -2.47. The van der Waals surface area contributed by atoms with E-state index in [1.807, 2.05) is 0 Å². The Bertz CT molecular complexity index is 248. The van der Waals surface area contributed by atoms with Gasteiger partial charge in [-0.25, -0.2) is 0 Å². The predicted molar refractivity (Wildman–Crippen MR) is 72.5 cm³/mol. The lowest BCUT2D eigenvalue weighted by Gasteiger charge is -2.24. The minimum absolute atomic E-state index is 0. The number of hydrogen-bond acceptors (Lipinski definition) is 2. The maximum absolute atomic E-state index is 11.9. The van der Waals surface area contributed by atoms with E-state index in [1.165, 1.54) is 38.5 Å². The van der Waals surface area contributed by atoms with Gasteiger partial charge < -0.3 is 10.6 Å². The van der Waals surface area contributed by atoms with E-state index in [-0.39, 0.29) is 24.4 Å². The Balaban J connectivity index is 0.00000144. The van der Waals surface area contributed by atoms with Crippen molar-refractivity contribution >= 4 is 18.3 Å². The summed E-state index contributed by atoms with van der Waals surface area (Å²) in [5, 5.41) is 6.43. The lowest BCUT2D eigenvalue weighted by molar-refractivity contribution is -0.123. The number of piperidine rings is 1. The van der Waals surface area contributed by atoms with Gasteiger partial charge in [-0.2, -0.15) is 0 Å². The molecule has 1 saturated heterocycles. The van der Waals surface area contributed by atoms with Crippen LogP contribution >= 0.6 is 12.4 Å². The number of carbonyl (C=O) groups excluding carboxylic acids is 1. The summed E-state index contributed by atoms with van der Waals surface area (Å²) in [7, 11) is 0. The molecule has 17 heavy (non-hydrogen) atoms. The SMILES string of the molecule is CCCC1(CNC(=O)C2CCCCN2)CC1.Cl. The average Bonchev–Trinajstić information content (AvgIpc) is 3.08. The molecule has 1 heterocycles. The highest BCUT2D eigenvalue weighted by molar-refractivity contribution is 5.85. The van der Waals surface area contributed by atoms with Crippen LogP contribution in [0.15, 0.2) is 0 Å². The van der Waals surface area contributed by atoms with E-state index in [0.29, 0.717) is 5.41 Å². The van der Waals surface area contributed by atoms with Crippen molar-refractivity contribution in [3.8, 4) is 0 Å². The zero-order chi connectivity index (χ0) is 11.4. The van der Waals surface area contributed by atoms with Crippen LogP contribution in [0.3, 0.4) is 0 Å². The summed E-state index contributed by atoms with van der Waals surface area (Å²) >= 11 is 0. The van der Waals surface area contributed by atoms with Crippen molar-refractivity contribution in [2.75, 3.05) is 13.1 Å². The van der Waals surface area contributed by atoms with Crippen molar-refractivity contribution in [1.82, 2.24) is 10.6 Å². The predicted octanol–water partition coefficient (Wildman–Crippen LogP) is 2.25. The Morgan fingerprint density at radius 1 is 1.41 bits per heavy atom. The van der Waals surface area contributed by atoms with E-state index in [4.69, 9.17) is 0 Å². The van der Waals surface area contributed by atoms with Crippen LogP contribution in [0.4, 0.5) is 0 Å². The van der Waals surface area contributed by atoms with E-state index in [1.54, 1.807) is 0 Å². The first-order valence-electron chi connectivity index (χ1n) is 6.77. The first kappa shape index (κ1) is 14.8. The molecule has 100 valence electrons. The molecule has 3 nitrogen and oxygen atoms in total. The molecule has 1 atom stereocenters. The van der Waals surface area contributed by atoms with Crippen molar-refractivity contribution < 1.29 is 4.79 Å². The lowest BCUT2D eigenvalue weighted by atomic mass is 10.00. The van der Waals surface area contributed by atoms with Crippen LogP contribution in [-0.2, 0) is 4.79 Å². The summed E-state index contributed by atoms with van der Waals surface area (Å²) < 4.78 is 0. The zero-order valence-corrected chi connectivity index (χ0v) is 11.6. The number of hydrogen-bond donors (Lipinski definition) is 2. The van der Waals surface area contributed by atoms with Crippen LogP contribution in [0.25, 0.3) is 0 Å². The summed E-state index contributed by atoms with van der Waals surface area (Å²) in [4.78, 5) is 11.9. The van der Waals surface area contributed by atoms with Gasteiger partial charge in [0.05, 0.1) is 6.04 Å². The smallest absolute Gasteiger partial charge is 0.237 e. The summed E-state index contributed by atoms with van der Waals surface area (Å²) in [5.74, 6) is 0.224. The summed E-state index contributed by atoms with van der Waals surface area (Å²) in [5.41, 5.74) is 0.471. The molecule has 0 aromatic rings. The van der Waals surface area contributed by atoms with E-state index >= 15 is 0 Å². The van der Waals surface area contributed by atoms with Gasteiger partial charge in [0.15, 0.2) is 0 Å². The van der Waals surface area contributed by atoms with E-state index in [0.717, 1.165) is 19.5 Å². The number of amides is 1. The van der Waals surface area contributed by atoms with Crippen LogP contribution in [0, 0.1) is 5.41 Å². The Morgan fingerprint density at radius 2 is 2.18 bits per heavy atom. The Labute approximate surface area is 111 Å². The van der Waals surface area contributed by atoms with Gasteiger partial charge >= 0.3 is 0 Å². The molecule has 0 aromatic heterocycles. The molecule has 2 aliphatic rings. The molecule has 2 rings (SSSR count). The maximum Gasteiger partial charge on any atom is 0.237 e. The Kier molecular flexibility index (Phi) is 5.74.